The van der Waals surface area contributed by atoms with Crippen LogP contribution in [0.3, 0.4) is 0 Å². The van der Waals surface area contributed by atoms with Crippen molar-refractivity contribution < 1.29 is 54.9 Å². The molecule has 0 atom stereocenters. The molecule has 2 aromatic rings. The third kappa shape index (κ3) is 6.11. The molecule has 1 saturated heterocycles. The van der Waals surface area contributed by atoms with Gasteiger partial charge in [0.1, 0.15) is 25.4 Å². The number of benzene rings is 1. The molecule has 0 N–H and O–H groups in total. The SMILES string of the molecule is COc1ccccc1C[N+]1(OC(=O)C(F)(F)F)CCN(C(=O)c2ccc(C(=O)C(F)(F)F)s2)CC1. The predicted molar refractivity (Wildman–Crippen MR) is 109 cm³/mol. The number of methoxy groups -OCH3 is 1. The number of thiophene rings is 1. The summed E-state index contributed by atoms with van der Waals surface area (Å²) < 4.78 is 81.2. The number of quaternary nitrogens is 1. The van der Waals surface area contributed by atoms with Crippen LogP contribution in [0, 0.1) is 0 Å². The molecule has 0 aliphatic carbocycles. The molecule has 14 heteroatoms. The minimum absolute atomic E-state index is 0.130. The Bertz CT molecular complexity index is 1110. The lowest BCUT2D eigenvalue weighted by atomic mass is 10.1. The second kappa shape index (κ2) is 9.85. The Labute approximate surface area is 199 Å². The minimum Gasteiger partial charge on any atom is -0.496 e. The number of ether oxygens (including phenoxy) is 1. The van der Waals surface area contributed by atoms with Gasteiger partial charge in [-0.05, 0) is 24.3 Å². The van der Waals surface area contributed by atoms with Crippen LogP contribution >= 0.6 is 11.3 Å². The Hall–Kier alpha value is -3.13. The fraction of sp³-hybridized carbons (Fsp3) is 0.381. The number of piperazine rings is 1. The van der Waals surface area contributed by atoms with E-state index in [-0.39, 0.29) is 37.6 Å². The van der Waals surface area contributed by atoms with Gasteiger partial charge in [0, 0.05) is 0 Å². The standard InChI is InChI=1S/C21H19F6N2O5S/c1-33-14-5-3-2-4-13(14)12-29(34-19(32)21(25,26)27)10-8-28(9-11-29)18(31)16-7-6-15(35-16)17(30)20(22,23)24/h2-7H,8-12H2,1H3/q+1. The van der Waals surface area contributed by atoms with Gasteiger partial charge >= 0.3 is 18.3 Å². The molecule has 0 spiro atoms. The molecule has 3 rings (SSSR count). The molecule has 0 saturated carbocycles. The number of hydroxylamine groups is 3. The fourth-order valence-corrected chi connectivity index (χ4v) is 4.49. The zero-order valence-electron chi connectivity index (χ0n) is 18.1. The molecule has 7 nitrogen and oxygen atoms in total. The lowest BCUT2D eigenvalue weighted by Gasteiger charge is -2.41. The molecule has 2 heterocycles. The van der Waals surface area contributed by atoms with Crippen molar-refractivity contribution in [2.24, 2.45) is 0 Å². The van der Waals surface area contributed by atoms with Gasteiger partial charge in [-0.3, -0.25) is 14.4 Å². The molecule has 35 heavy (non-hydrogen) atoms. The van der Waals surface area contributed by atoms with E-state index in [1.807, 2.05) is 0 Å². The highest BCUT2D eigenvalue weighted by Gasteiger charge is 2.49. The highest BCUT2D eigenvalue weighted by Crippen LogP contribution is 2.30. The van der Waals surface area contributed by atoms with Gasteiger partial charge in [0.2, 0.25) is 0 Å². The van der Waals surface area contributed by atoms with Gasteiger partial charge in [0.25, 0.3) is 11.7 Å². The quantitative estimate of drug-likeness (QED) is 0.324. The first-order valence-corrected chi connectivity index (χ1v) is 10.9. The molecule has 0 radical (unpaired) electrons. The Balaban J connectivity index is 1.79. The summed E-state index contributed by atoms with van der Waals surface area (Å²) in [5.41, 5.74) is 0.471. The molecule has 0 bridgehead atoms. The molecule has 1 aromatic carbocycles. The average Bonchev–Trinajstić information content (AvgIpc) is 3.28. The number of hydrogen-bond acceptors (Lipinski definition) is 6. The van der Waals surface area contributed by atoms with Crippen molar-refractivity contribution in [1.29, 1.82) is 0 Å². The number of Topliss-reactive ketones (excluding diaryl/α,β-unsaturated/α-hetero) is 1. The summed E-state index contributed by atoms with van der Waals surface area (Å²) in [6.45, 7) is -0.910. The van der Waals surface area contributed by atoms with Crippen LogP contribution in [-0.2, 0) is 16.2 Å². The van der Waals surface area contributed by atoms with Gasteiger partial charge in [0.15, 0.2) is 0 Å². The number of nitrogens with zero attached hydrogens (tertiary/aromatic N) is 2. The van der Waals surface area contributed by atoms with E-state index in [1.54, 1.807) is 24.3 Å². The van der Waals surface area contributed by atoms with Crippen LogP contribution in [0.15, 0.2) is 36.4 Å². The molecule has 1 aromatic heterocycles. The van der Waals surface area contributed by atoms with Crippen LogP contribution in [0.25, 0.3) is 0 Å². The number of carbonyl (C=O) groups is 3. The van der Waals surface area contributed by atoms with Crippen LogP contribution in [0.2, 0.25) is 0 Å². The average molecular weight is 525 g/mol. The van der Waals surface area contributed by atoms with E-state index < -0.39 is 39.5 Å². The number of alkyl halides is 6. The van der Waals surface area contributed by atoms with Crippen molar-refractivity contribution in [3.05, 3.63) is 51.7 Å². The fourth-order valence-electron chi connectivity index (χ4n) is 3.56. The topological polar surface area (TPSA) is 72.9 Å². The summed E-state index contributed by atoms with van der Waals surface area (Å²) in [6, 6.07) is 8.46. The maximum atomic E-state index is 13.0. The van der Waals surface area contributed by atoms with E-state index >= 15 is 0 Å². The first kappa shape index (κ1) is 26.5. The molecule has 1 aliphatic rings. The van der Waals surface area contributed by atoms with Crippen LogP contribution < -0.4 is 4.74 Å². The first-order chi connectivity index (χ1) is 16.3. The molecule has 190 valence electrons. The van der Waals surface area contributed by atoms with E-state index in [0.717, 1.165) is 12.1 Å². The van der Waals surface area contributed by atoms with E-state index in [9.17, 15) is 40.7 Å². The van der Waals surface area contributed by atoms with Gasteiger partial charge in [-0.15, -0.1) is 16.0 Å². The summed E-state index contributed by atoms with van der Waals surface area (Å²) in [4.78, 5) is 41.1. The Kier molecular flexibility index (Phi) is 7.45. The van der Waals surface area contributed by atoms with Crippen LogP contribution in [-0.4, -0.2) is 72.8 Å². The van der Waals surface area contributed by atoms with Gasteiger partial charge in [-0.1, -0.05) is 12.1 Å². The number of hydrogen-bond donors (Lipinski definition) is 0. The normalized spacial score (nSPS) is 16.0. The summed E-state index contributed by atoms with van der Waals surface area (Å²) in [6.07, 6.45) is -10.3. The third-order valence-corrected chi connectivity index (χ3v) is 6.37. The number of carbonyl (C=O) groups excluding carboxylic acids is 3. The smallest absolute Gasteiger partial charge is 0.496 e. The highest BCUT2D eigenvalue weighted by atomic mass is 32.1. The first-order valence-electron chi connectivity index (χ1n) is 10.0. The summed E-state index contributed by atoms with van der Waals surface area (Å²) in [5, 5.41) is 0. The second-order valence-corrected chi connectivity index (χ2v) is 8.72. The molecule has 0 unspecified atom stereocenters. The zero-order valence-corrected chi connectivity index (χ0v) is 18.9. The molecule has 1 amide bonds. The largest absolute Gasteiger partial charge is 0.497 e. The summed E-state index contributed by atoms with van der Waals surface area (Å²) >= 11 is 0.375. The Morgan fingerprint density at radius 3 is 2.11 bits per heavy atom. The van der Waals surface area contributed by atoms with Crippen LogP contribution in [0.1, 0.15) is 24.9 Å². The molecular formula is C21H19F6N2O5S+. The molecule has 1 aliphatic heterocycles. The summed E-state index contributed by atoms with van der Waals surface area (Å²) in [7, 11) is 1.38. The van der Waals surface area contributed by atoms with E-state index in [2.05, 4.69) is 0 Å². The minimum atomic E-state index is -5.24. The number of halogens is 6. The van der Waals surface area contributed by atoms with E-state index in [4.69, 9.17) is 9.57 Å². The number of amides is 1. The number of rotatable bonds is 6. The van der Waals surface area contributed by atoms with Crippen molar-refractivity contribution in [2.45, 2.75) is 18.9 Å². The van der Waals surface area contributed by atoms with Crippen molar-refractivity contribution in [1.82, 2.24) is 4.90 Å². The monoisotopic (exact) mass is 525 g/mol. The van der Waals surface area contributed by atoms with Crippen molar-refractivity contribution in [2.75, 3.05) is 33.3 Å². The zero-order chi connectivity index (χ0) is 26.0. The van der Waals surface area contributed by atoms with Gasteiger partial charge in [0.05, 0.1) is 35.5 Å². The Morgan fingerprint density at radius 2 is 1.54 bits per heavy atom. The maximum Gasteiger partial charge on any atom is 0.497 e. The lowest BCUT2D eigenvalue weighted by molar-refractivity contribution is -1.10. The van der Waals surface area contributed by atoms with Crippen molar-refractivity contribution in [3.63, 3.8) is 0 Å². The Morgan fingerprint density at radius 1 is 0.943 bits per heavy atom. The van der Waals surface area contributed by atoms with Gasteiger partial charge in [-0.25, -0.2) is 4.79 Å². The van der Waals surface area contributed by atoms with Crippen molar-refractivity contribution >= 4 is 29.0 Å². The molecular weight excluding hydrogens is 506 g/mol. The van der Waals surface area contributed by atoms with E-state index in [0.29, 0.717) is 22.6 Å². The van der Waals surface area contributed by atoms with Gasteiger partial charge in [-0.2, -0.15) is 26.3 Å². The predicted octanol–water partition coefficient (Wildman–Crippen LogP) is 4.00. The maximum absolute atomic E-state index is 13.0. The number of para-hydroxylation sites is 1. The lowest BCUT2D eigenvalue weighted by Crippen LogP contribution is -2.61. The van der Waals surface area contributed by atoms with Crippen LogP contribution in [0.5, 0.6) is 5.75 Å². The molecule has 1 fully saturated rings. The van der Waals surface area contributed by atoms with E-state index in [1.165, 1.54) is 12.0 Å². The van der Waals surface area contributed by atoms with Crippen LogP contribution in [0.4, 0.5) is 26.3 Å². The van der Waals surface area contributed by atoms with Gasteiger partial charge < -0.3 is 9.64 Å². The highest BCUT2D eigenvalue weighted by molar-refractivity contribution is 7.16. The second-order valence-electron chi connectivity index (χ2n) is 7.63. The van der Waals surface area contributed by atoms with Crippen molar-refractivity contribution in [3.8, 4) is 5.75 Å². The third-order valence-electron chi connectivity index (χ3n) is 5.30. The number of ketones is 1. The summed E-state index contributed by atoms with van der Waals surface area (Å²) in [5.74, 6) is -4.78.